The van der Waals surface area contributed by atoms with Crippen LogP contribution < -0.4 is 0 Å². The summed E-state index contributed by atoms with van der Waals surface area (Å²) >= 11 is 0. The molecule has 0 radical (unpaired) electrons. The normalized spacial score (nSPS) is 10.8. The summed E-state index contributed by atoms with van der Waals surface area (Å²) in [5.74, 6) is -2.26. The highest BCUT2D eigenvalue weighted by Gasteiger charge is 2.18. The summed E-state index contributed by atoms with van der Waals surface area (Å²) in [6.07, 6.45) is 0.818. The first kappa shape index (κ1) is 16.0. The number of aliphatic hydroxyl groups is 1. The van der Waals surface area contributed by atoms with Gasteiger partial charge in [0.25, 0.3) is 5.91 Å². The van der Waals surface area contributed by atoms with Crippen LogP contribution >= 0.6 is 0 Å². The van der Waals surface area contributed by atoms with Crippen molar-refractivity contribution < 1.29 is 19.5 Å². The van der Waals surface area contributed by atoms with Gasteiger partial charge < -0.3 is 19.8 Å². The topological polar surface area (TPSA) is 81.2 Å². The van der Waals surface area contributed by atoms with Crippen molar-refractivity contribution in [3.8, 4) is 0 Å². The smallest absolute Gasteiger partial charge is 0.289 e. The number of hydrogen-bond donors (Lipinski definition) is 1. The molecule has 0 saturated heterocycles. The molecule has 0 fully saturated rings. The van der Waals surface area contributed by atoms with Crippen LogP contribution in [0.25, 0.3) is 0 Å². The van der Waals surface area contributed by atoms with Crippen molar-refractivity contribution in [1.82, 2.24) is 14.7 Å². The lowest BCUT2D eigenvalue weighted by atomic mass is 10.3. The van der Waals surface area contributed by atoms with Crippen molar-refractivity contribution in [2.45, 2.75) is 0 Å². The molecular formula is C11H19N3O4. The second kappa shape index (κ2) is 6.63. The zero-order chi connectivity index (χ0) is 14.5. The van der Waals surface area contributed by atoms with E-state index in [9.17, 15) is 19.5 Å². The summed E-state index contributed by atoms with van der Waals surface area (Å²) in [5, 5.41) is 9.46. The predicted octanol–water partition coefficient (Wildman–Crippen LogP) is -0.937. The van der Waals surface area contributed by atoms with Crippen LogP contribution in [0.5, 0.6) is 0 Å². The van der Waals surface area contributed by atoms with Gasteiger partial charge in [0.05, 0.1) is 12.6 Å². The summed E-state index contributed by atoms with van der Waals surface area (Å²) in [6.45, 7) is -0.167. The van der Waals surface area contributed by atoms with Gasteiger partial charge in [-0.2, -0.15) is 0 Å². The Morgan fingerprint density at radius 3 is 1.89 bits per heavy atom. The molecule has 0 rings (SSSR count). The molecule has 0 saturated carbocycles. The third-order valence-electron chi connectivity index (χ3n) is 2.14. The minimum absolute atomic E-state index is 0.167. The Balaban J connectivity index is 4.65. The number of nitrogens with zero attached hydrogens (tertiary/aromatic N) is 3. The Morgan fingerprint density at radius 1 is 1.00 bits per heavy atom. The van der Waals surface area contributed by atoms with Gasteiger partial charge in [0.1, 0.15) is 0 Å². The molecule has 0 unspecified atom stereocenters. The molecule has 0 aliphatic heterocycles. The first-order valence-electron chi connectivity index (χ1n) is 5.24. The third-order valence-corrected chi connectivity index (χ3v) is 2.14. The quantitative estimate of drug-likeness (QED) is 0.521. The van der Waals surface area contributed by atoms with Crippen molar-refractivity contribution >= 4 is 17.7 Å². The van der Waals surface area contributed by atoms with Crippen molar-refractivity contribution in [2.75, 3.05) is 41.8 Å². The number of hydrogen-bond acceptors (Lipinski definition) is 4. The fourth-order valence-corrected chi connectivity index (χ4v) is 0.919. The lowest BCUT2D eigenvalue weighted by molar-refractivity contribution is -0.137. The van der Waals surface area contributed by atoms with Gasteiger partial charge in [-0.05, 0) is 0 Å². The summed E-state index contributed by atoms with van der Waals surface area (Å²) in [6, 6.07) is 0. The van der Waals surface area contributed by atoms with E-state index in [0.29, 0.717) is 0 Å². The Bertz CT molecular complexity index is 374. The van der Waals surface area contributed by atoms with Crippen LogP contribution in [0.3, 0.4) is 0 Å². The minimum Gasteiger partial charge on any atom is -0.503 e. The van der Waals surface area contributed by atoms with Crippen molar-refractivity contribution in [3.05, 3.63) is 11.8 Å². The Labute approximate surface area is 106 Å². The van der Waals surface area contributed by atoms with Crippen molar-refractivity contribution in [2.24, 2.45) is 0 Å². The molecule has 102 valence electrons. The predicted molar refractivity (Wildman–Crippen MR) is 65.7 cm³/mol. The fraction of sp³-hybridized carbons (Fsp3) is 0.545. The van der Waals surface area contributed by atoms with E-state index in [1.165, 1.54) is 30.9 Å². The van der Waals surface area contributed by atoms with E-state index in [0.717, 1.165) is 11.0 Å². The van der Waals surface area contributed by atoms with Gasteiger partial charge in [-0.15, -0.1) is 0 Å². The Kier molecular flexibility index (Phi) is 5.87. The highest BCUT2D eigenvalue weighted by molar-refractivity contribution is 6.00. The third kappa shape index (κ3) is 4.86. The van der Waals surface area contributed by atoms with Crippen LogP contribution in [0.4, 0.5) is 0 Å². The van der Waals surface area contributed by atoms with Gasteiger partial charge in [0.2, 0.25) is 11.8 Å². The second-order valence-electron chi connectivity index (χ2n) is 4.21. The van der Waals surface area contributed by atoms with Gasteiger partial charge >= 0.3 is 0 Å². The summed E-state index contributed by atoms with van der Waals surface area (Å²) in [7, 11) is 7.48. The highest BCUT2D eigenvalue weighted by Crippen LogP contribution is 1.98. The molecule has 0 aromatic rings. The molecule has 3 amide bonds. The molecule has 0 aliphatic carbocycles. The number of amides is 3. The number of carbonyl (C=O) groups is 3. The molecule has 0 atom stereocenters. The molecular weight excluding hydrogens is 238 g/mol. The van der Waals surface area contributed by atoms with Gasteiger partial charge in [0, 0.05) is 35.2 Å². The monoisotopic (exact) mass is 257 g/mol. The summed E-state index contributed by atoms with van der Waals surface area (Å²) in [5.41, 5.74) is 0. The standard InChI is InChI=1S/C11H19N3O4/c1-12(2)9(16)6-8(15)11(18)14(5)7-10(17)13(3)4/h6,15H,7H2,1-5H3. The van der Waals surface area contributed by atoms with E-state index in [2.05, 4.69) is 0 Å². The Morgan fingerprint density at radius 2 is 1.50 bits per heavy atom. The van der Waals surface area contributed by atoms with Crippen LogP contribution in [0.2, 0.25) is 0 Å². The number of rotatable bonds is 4. The summed E-state index contributed by atoms with van der Waals surface area (Å²) in [4.78, 5) is 37.8. The zero-order valence-corrected chi connectivity index (χ0v) is 11.3. The molecule has 0 heterocycles. The lowest BCUT2D eigenvalue weighted by Gasteiger charge is -2.18. The molecule has 0 spiro atoms. The van der Waals surface area contributed by atoms with E-state index in [1.807, 2.05) is 0 Å². The van der Waals surface area contributed by atoms with Crippen LogP contribution in [0, 0.1) is 0 Å². The average molecular weight is 257 g/mol. The molecule has 1 N–H and O–H groups in total. The van der Waals surface area contributed by atoms with Crippen LogP contribution in [0.1, 0.15) is 0 Å². The first-order valence-corrected chi connectivity index (χ1v) is 5.24. The SMILES string of the molecule is CN(C)C(=O)C=C(O)C(=O)N(C)CC(=O)N(C)C. The molecule has 7 heteroatoms. The molecule has 0 aromatic carbocycles. The fourth-order valence-electron chi connectivity index (χ4n) is 0.919. The van der Waals surface area contributed by atoms with E-state index >= 15 is 0 Å². The maximum atomic E-state index is 11.6. The van der Waals surface area contributed by atoms with Gasteiger partial charge in [-0.25, -0.2) is 0 Å². The van der Waals surface area contributed by atoms with E-state index in [1.54, 1.807) is 14.1 Å². The van der Waals surface area contributed by atoms with E-state index in [4.69, 9.17) is 0 Å². The number of aliphatic hydroxyl groups excluding tert-OH is 1. The van der Waals surface area contributed by atoms with Gasteiger partial charge in [0.15, 0.2) is 5.76 Å². The minimum atomic E-state index is -0.777. The average Bonchev–Trinajstić information content (AvgIpc) is 2.27. The molecule has 0 aromatic heterocycles. The maximum absolute atomic E-state index is 11.6. The van der Waals surface area contributed by atoms with E-state index < -0.39 is 17.6 Å². The molecule has 0 bridgehead atoms. The van der Waals surface area contributed by atoms with Gasteiger partial charge in [-0.1, -0.05) is 0 Å². The largest absolute Gasteiger partial charge is 0.503 e. The lowest BCUT2D eigenvalue weighted by Crippen LogP contribution is -2.38. The molecule has 0 aliphatic rings. The van der Waals surface area contributed by atoms with Gasteiger partial charge in [-0.3, -0.25) is 14.4 Å². The zero-order valence-electron chi connectivity index (χ0n) is 11.3. The van der Waals surface area contributed by atoms with Crippen LogP contribution in [0.15, 0.2) is 11.8 Å². The molecule has 7 nitrogen and oxygen atoms in total. The first-order chi connectivity index (χ1) is 8.16. The van der Waals surface area contributed by atoms with Crippen LogP contribution in [-0.4, -0.2) is 79.3 Å². The number of carbonyl (C=O) groups excluding carboxylic acids is 3. The van der Waals surface area contributed by atoms with Crippen LogP contribution in [-0.2, 0) is 14.4 Å². The number of likely N-dealkylation sites (N-methyl/N-ethyl adjacent to an activating group) is 3. The van der Waals surface area contributed by atoms with Crippen molar-refractivity contribution in [3.63, 3.8) is 0 Å². The van der Waals surface area contributed by atoms with Crippen molar-refractivity contribution in [1.29, 1.82) is 0 Å². The highest BCUT2D eigenvalue weighted by atomic mass is 16.3. The maximum Gasteiger partial charge on any atom is 0.289 e. The van der Waals surface area contributed by atoms with E-state index in [-0.39, 0.29) is 12.5 Å². The Hall–Kier alpha value is -2.05. The summed E-state index contributed by atoms with van der Waals surface area (Å²) < 4.78 is 0. The second-order valence-corrected chi connectivity index (χ2v) is 4.21. The molecule has 18 heavy (non-hydrogen) atoms.